The molecule has 3 heteroatoms. The average Bonchev–Trinajstić information content (AvgIpc) is 3.34. The van der Waals surface area contributed by atoms with Crippen LogP contribution in [0.15, 0.2) is 36.4 Å². The Morgan fingerprint density at radius 1 is 1.00 bits per heavy atom. The van der Waals surface area contributed by atoms with Crippen LogP contribution in [0.1, 0.15) is 57.4 Å². The van der Waals surface area contributed by atoms with Crippen LogP contribution >= 0.6 is 0 Å². The number of hydrogen-bond donors (Lipinski definition) is 1. The molecule has 3 aliphatic rings. The van der Waals surface area contributed by atoms with E-state index in [0.717, 1.165) is 44.6 Å². The topological polar surface area (TPSA) is 30.5 Å². The molecule has 0 radical (unpaired) electrons. The van der Waals surface area contributed by atoms with Crippen LogP contribution in [0.3, 0.4) is 0 Å². The minimum absolute atomic E-state index is 0.179. The summed E-state index contributed by atoms with van der Waals surface area (Å²) in [5, 5.41) is 3.69. The van der Waals surface area contributed by atoms with Crippen LogP contribution in [0, 0.1) is 0 Å². The van der Waals surface area contributed by atoms with E-state index in [1.54, 1.807) is 0 Å². The Hall–Kier alpha value is -1.16. The third-order valence-electron chi connectivity index (χ3n) is 4.96. The summed E-state index contributed by atoms with van der Waals surface area (Å²) in [6.45, 7) is 3.72. The second kappa shape index (κ2) is 8.80. The molecule has 0 unspecified atom stereocenters. The summed E-state index contributed by atoms with van der Waals surface area (Å²) in [6, 6.07) is 11.9. The van der Waals surface area contributed by atoms with Crippen molar-refractivity contribution in [1.82, 2.24) is 5.32 Å². The zero-order chi connectivity index (χ0) is 16.7. The summed E-state index contributed by atoms with van der Waals surface area (Å²) < 4.78 is 11.4. The molecule has 0 aromatic heterocycles. The largest absolute Gasteiger partial charge is 0.348 e. The first-order valence-corrected chi connectivity index (χ1v) is 9.55. The van der Waals surface area contributed by atoms with Gasteiger partial charge in [-0.05, 0) is 37.7 Å². The van der Waals surface area contributed by atoms with E-state index in [1.807, 2.05) is 6.07 Å². The molecule has 0 atom stereocenters. The SMILES string of the molecule is C1COC2(CCC(NC3CC3)CC2)O1.CC/C=C\c1ccccc1. The van der Waals surface area contributed by atoms with E-state index >= 15 is 0 Å². The average molecular weight is 329 g/mol. The Kier molecular flexibility index (Phi) is 6.47. The molecule has 2 aliphatic carbocycles. The van der Waals surface area contributed by atoms with Gasteiger partial charge in [0.25, 0.3) is 0 Å². The summed E-state index contributed by atoms with van der Waals surface area (Å²) >= 11 is 0. The second-order valence-corrected chi connectivity index (χ2v) is 7.04. The minimum Gasteiger partial charge on any atom is -0.348 e. The Morgan fingerprint density at radius 2 is 1.62 bits per heavy atom. The van der Waals surface area contributed by atoms with Crippen LogP contribution in [-0.2, 0) is 9.47 Å². The van der Waals surface area contributed by atoms with E-state index in [9.17, 15) is 0 Å². The molecule has 1 aromatic carbocycles. The van der Waals surface area contributed by atoms with E-state index in [0.29, 0.717) is 0 Å². The lowest BCUT2D eigenvalue weighted by Gasteiger charge is -2.35. The van der Waals surface area contributed by atoms with Gasteiger partial charge in [-0.1, -0.05) is 49.4 Å². The fraction of sp³-hybridized carbons (Fsp3) is 0.619. The highest BCUT2D eigenvalue weighted by molar-refractivity contribution is 5.48. The summed E-state index contributed by atoms with van der Waals surface area (Å²) in [7, 11) is 0. The summed E-state index contributed by atoms with van der Waals surface area (Å²) in [6.07, 6.45) is 12.8. The monoisotopic (exact) mass is 329 g/mol. The number of rotatable bonds is 4. The quantitative estimate of drug-likeness (QED) is 0.880. The maximum absolute atomic E-state index is 5.70. The van der Waals surface area contributed by atoms with Crippen LogP contribution < -0.4 is 5.32 Å². The van der Waals surface area contributed by atoms with Crippen LogP contribution in [0.5, 0.6) is 0 Å². The van der Waals surface area contributed by atoms with Crippen molar-refractivity contribution in [1.29, 1.82) is 0 Å². The van der Waals surface area contributed by atoms with Crippen molar-refractivity contribution in [3.05, 3.63) is 42.0 Å². The van der Waals surface area contributed by atoms with Gasteiger partial charge in [-0.25, -0.2) is 0 Å². The van der Waals surface area contributed by atoms with Gasteiger partial charge in [0, 0.05) is 24.9 Å². The lowest BCUT2D eigenvalue weighted by atomic mass is 9.90. The lowest BCUT2D eigenvalue weighted by molar-refractivity contribution is -0.179. The molecule has 3 nitrogen and oxygen atoms in total. The van der Waals surface area contributed by atoms with Gasteiger partial charge >= 0.3 is 0 Å². The lowest BCUT2D eigenvalue weighted by Crippen LogP contribution is -2.42. The van der Waals surface area contributed by atoms with E-state index < -0.39 is 0 Å². The highest BCUT2D eigenvalue weighted by atomic mass is 16.7. The van der Waals surface area contributed by atoms with Crippen LogP contribution in [-0.4, -0.2) is 31.1 Å². The van der Waals surface area contributed by atoms with Crippen molar-refractivity contribution in [3.8, 4) is 0 Å². The Balaban J connectivity index is 0.000000150. The molecule has 1 heterocycles. The molecule has 1 spiro atoms. The summed E-state index contributed by atoms with van der Waals surface area (Å²) in [5.74, 6) is -0.179. The number of hydrogen-bond acceptors (Lipinski definition) is 3. The van der Waals surface area contributed by atoms with Gasteiger partial charge < -0.3 is 14.8 Å². The molecule has 0 bridgehead atoms. The molecule has 2 saturated carbocycles. The van der Waals surface area contributed by atoms with E-state index in [1.165, 1.54) is 31.2 Å². The first-order chi connectivity index (χ1) is 11.8. The summed E-state index contributed by atoms with van der Waals surface area (Å²) in [5.41, 5.74) is 1.28. The van der Waals surface area contributed by atoms with Crippen molar-refractivity contribution >= 4 is 6.08 Å². The van der Waals surface area contributed by atoms with Crippen molar-refractivity contribution in [2.24, 2.45) is 0 Å². The number of benzene rings is 1. The molecule has 132 valence electrons. The molecule has 4 rings (SSSR count). The fourth-order valence-electron chi connectivity index (χ4n) is 3.41. The molecule has 1 aliphatic heterocycles. The van der Waals surface area contributed by atoms with Crippen LogP contribution in [0.2, 0.25) is 0 Å². The number of ether oxygens (including phenoxy) is 2. The normalized spacial score (nSPS) is 23.4. The second-order valence-electron chi connectivity index (χ2n) is 7.04. The van der Waals surface area contributed by atoms with Crippen LogP contribution in [0.25, 0.3) is 6.08 Å². The molecule has 1 saturated heterocycles. The Bertz CT molecular complexity index is 494. The predicted octanol–water partition coefficient (Wildman–Crippen LogP) is 4.53. The molecule has 24 heavy (non-hydrogen) atoms. The highest BCUT2D eigenvalue weighted by Crippen LogP contribution is 2.36. The van der Waals surface area contributed by atoms with Crippen molar-refractivity contribution in [2.45, 2.75) is 69.7 Å². The molecule has 0 amide bonds. The van der Waals surface area contributed by atoms with E-state index in [2.05, 4.69) is 48.7 Å². The molecule has 1 N–H and O–H groups in total. The first kappa shape index (κ1) is 17.7. The predicted molar refractivity (Wildman–Crippen MR) is 98.8 cm³/mol. The van der Waals surface area contributed by atoms with Gasteiger partial charge in [0.15, 0.2) is 5.79 Å². The number of nitrogens with one attached hydrogen (secondary N) is 1. The third kappa shape index (κ3) is 5.44. The minimum atomic E-state index is -0.179. The van der Waals surface area contributed by atoms with Gasteiger partial charge in [-0.15, -0.1) is 0 Å². The Labute approximate surface area is 146 Å². The van der Waals surface area contributed by atoms with Gasteiger partial charge in [-0.2, -0.15) is 0 Å². The maximum Gasteiger partial charge on any atom is 0.168 e. The molecular formula is C21H31NO2. The van der Waals surface area contributed by atoms with Gasteiger partial charge in [0.05, 0.1) is 13.2 Å². The maximum atomic E-state index is 5.70. The highest BCUT2D eigenvalue weighted by Gasteiger charge is 2.41. The Morgan fingerprint density at radius 3 is 2.21 bits per heavy atom. The van der Waals surface area contributed by atoms with Crippen LogP contribution in [0.4, 0.5) is 0 Å². The molecular weight excluding hydrogens is 298 g/mol. The zero-order valence-corrected chi connectivity index (χ0v) is 14.9. The van der Waals surface area contributed by atoms with Crippen molar-refractivity contribution < 1.29 is 9.47 Å². The zero-order valence-electron chi connectivity index (χ0n) is 14.9. The third-order valence-corrected chi connectivity index (χ3v) is 4.96. The fourth-order valence-corrected chi connectivity index (χ4v) is 3.41. The smallest absolute Gasteiger partial charge is 0.168 e. The van der Waals surface area contributed by atoms with Gasteiger partial charge in [0.1, 0.15) is 0 Å². The number of allylic oxidation sites excluding steroid dienone is 1. The first-order valence-electron chi connectivity index (χ1n) is 9.55. The summed E-state index contributed by atoms with van der Waals surface area (Å²) in [4.78, 5) is 0. The van der Waals surface area contributed by atoms with Crippen molar-refractivity contribution in [2.75, 3.05) is 13.2 Å². The van der Waals surface area contributed by atoms with Gasteiger partial charge in [-0.3, -0.25) is 0 Å². The standard InChI is InChI=1S/C11H19NO2.C10H12/c1-2-9(1)12-10-3-5-11(6-4-10)13-7-8-14-11;1-2-3-7-10-8-5-4-6-9-10/h9-10,12H,1-8H2;3-9H,2H2,1H3/b;7-3-. The van der Waals surface area contributed by atoms with Crippen molar-refractivity contribution in [3.63, 3.8) is 0 Å². The van der Waals surface area contributed by atoms with E-state index in [-0.39, 0.29) is 5.79 Å². The van der Waals surface area contributed by atoms with Gasteiger partial charge in [0.2, 0.25) is 0 Å². The molecule has 3 fully saturated rings. The molecule has 1 aromatic rings. The van der Waals surface area contributed by atoms with E-state index in [4.69, 9.17) is 9.47 Å².